The first-order valence-corrected chi connectivity index (χ1v) is 9.12. The number of halogens is 2. The Morgan fingerprint density at radius 2 is 1.76 bits per heavy atom. The van der Waals surface area contributed by atoms with Gasteiger partial charge in [-0.3, -0.25) is 0 Å². The van der Waals surface area contributed by atoms with Gasteiger partial charge in [-0.2, -0.15) is 0 Å². The van der Waals surface area contributed by atoms with E-state index in [1.807, 2.05) is 0 Å². The average molecular weight is 367 g/mol. The Kier molecular flexibility index (Phi) is 4.47. The summed E-state index contributed by atoms with van der Waals surface area (Å²) in [7, 11) is -3.37. The molecular formula is C17H15F2NO4S. The highest BCUT2D eigenvalue weighted by Crippen LogP contribution is 2.34. The molecule has 2 N–H and O–H groups in total. The van der Waals surface area contributed by atoms with E-state index in [2.05, 4.69) is 5.32 Å². The number of rotatable bonds is 6. The lowest BCUT2D eigenvalue weighted by atomic mass is 10.1. The number of nitrogens with one attached hydrogen (secondary N) is 1. The van der Waals surface area contributed by atoms with E-state index in [4.69, 9.17) is 0 Å². The molecule has 0 heterocycles. The van der Waals surface area contributed by atoms with Crippen molar-refractivity contribution in [3.63, 3.8) is 0 Å². The van der Waals surface area contributed by atoms with Gasteiger partial charge in [0.2, 0.25) is 0 Å². The molecule has 0 aromatic heterocycles. The summed E-state index contributed by atoms with van der Waals surface area (Å²) in [4.78, 5) is 11.6. The summed E-state index contributed by atoms with van der Waals surface area (Å²) in [5, 5.41) is 11.5. The first-order chi connectivity index (χ1) is 11.8. The fourth-order valence-corrected chi connectivity index (χ4v) is 4.13. The monoisotopic (exact) mass is 367 g/mol. The molecule has 1 atom stereocenters. The molecule has 2 aromatic carbocycles. The normalized spacial score (nSPS) is 15.6. The molecule has 0 spiro atoms. The molecule has 5 nitrogen and oxygen atoms in total. The van der Waals surface area contributed by atoms with E-state index in [1.165, 1.54) is 24.3 Å². The molecule has 0 bridgehead atoms. The Labute approximate surface area is 143 Å². The lowest BCUT2D eigenvalue weighted by Gasteiger charge is -2.17. The van der Waals surface area contributed by atoms with Crippen LogP contribution in [0.15, 0.2) is 47.4 Å². The average Bonchev–Trinajstić information content (AvgIpc) is 3.39. The molecule has 1 saturated carbocycles. The van der Waals surface area contributed by atoms with Crippen LogP contribution in [0.25, 0.3) is 0 Å². The zero-order valence-corrected chi connectivity index (χ0v) is 13.8. The summed E-state index contributed by atoms with van der Waals surface area (Å²) < 4.78 is 51.0. The standard InChI is InChI=1S/C17H15F2NO4S/c18-11-3-8-15(14(19)9-11)20-16(17(21)22)10-1-4-12(5-2-10)25(23,24)13-6-7-13/h1-5,8-9,13,16,20H,6-7H2,(H,21,22). The molecule has 25 heavy (non-hydrogen) atoms. The summed E-state index contributed by atoms with van der Waals surface area (Å²) in [6.45, 7) is 0. The molecule has 0 aliphatic heterocycles. The second-order valence-electron chi connectivity index (χ2n) is 5.85. The SMILES string of the molecule is O=C(O)C(Nc1ccc(F)cc1F)c1ccc(S(=O)(=O)C2CC2)cc1. The smallest absolute Gasteiger partial charge is 0.330 e. The maximum Gasteiger partial charge on any atom is 0.330 e. The second kappa shape index (κ2) is 6.44. The second-order valence-corrected chi connectivity index (χ2v) is 8.08. The maximum atomic E-state index is 13.7. The molecule has 1 aliphatic rings. The highest BCUT2D eigenvalue weighted by molar-refractivity contribution is 7.92. The maximum absolute atomic E-state index is 13.7. The number of carboxylic acids is 1. The van der Waals surface area contributed by atoms with Gasteiger partial charge < -0.3 is 10.4 Å². The third-order valence-corrected chi connectivity index (χ3v) is 6.26. The van der Waals surface area contributed by atoms with Crippen molar-refractivity contribution >= 4 is 21.5 Å². The van der Waals surface area contributed by atoms with Gasteiger partial charge in [-0.15, -0.1) is 0 Å². The number of hydrogen-bond donors (Lipinski definition) is 2. The molecule has 2 aromatic rings. The minimum Gasteiger partial charge on any atom is -0.479 e. The van der Waals surface area contributed by atoms with Crippen molar-refractivity contribution in [2.75, 3.05) is 5.32 Å². The fraction of sp³-hybridized carbons (Fsp3) is 0.235. The summed E-state index contributed by atoms with van der Waals surface area (Å²) in [5.41, 5.74) is 0.0921. The van der Waals surface area contributed by atoms with Gasteiger partial charge in [-0.1, -0.05) is 12.1 Å². The van der Waals surface area contributed by atoms with Crippen molar-refractivity contribution in [3.05, 3.63) is 59.7 Å². The van der Waals surface area contributed by atoms with Crippen molar-refractivity contribution in [1.82, 2.24) is 0 Å². The van der Waals surface area contributed by atoms with E-state index >= 15 is 0 Å². The van der Waals surface area contributed by atoms with E-state index in [1.54, 1.807) is 0 Å². The lowest BCUT2D eigenvalue weighted by Crippen LogP contribution is -2.21. The predicted molar refractivity (Wildman–Crippen MR) is 87.0 cm³/mol. The third kappa shape index (κ3) is 3.63. The van der Waals surface area contributed by atoms with Crippen LogP contribution in [0.2, 0.25) is 0 Å². The van der Waals surface area contributed by atoms with Crippen molar-refractivity contribution in [2.45, 2.75) is 29.0 Å². The van der Waals surface area contributed by atoms with E-state index in [0.717, 1.165) is 12.1 Å². The number of hydrogen-bond acceptors (Lipinski definition) is 4. The van der Waals surface area contributed by atoms with Gasteiger partial charge in [0.15, 0.2) is 15.9 Å². The molecule has 132 valence electrons. The summed E-state index contributed by atoms with van der Waals surface area (Å²) >= 11 is 0. The molecule has 3 rings (SSSR count). The quantitative estimate of drug-likeness (QED) is 0.820. The van der Waals surface area contributed by atoms with Crippen molar-refractivity contribution in [1.29, 1.82) is 0 Å². The van der Waals surface area contributed by atoms with Crippen LogP contribution < -0.4 is 5.32 Å². The number of benzene rings is 2. The topological polar surface area (TPSA) is 83.5 Å². The fourth-order valence-electron chi connectivity index (χ4n) is 2.47. The van der Waals surface area contributed by atoms with Crippen LogP contribution in [-0.4, -0.2) is 24.7 Å². The Balaban J connectivity index is 1.87. The van der Waals surface area contributed by atoms with Crippen LogP contribution >= 0.6 is 0 Å². The zero-order chi connectivity index (χ0) is 18.2. The highest BCUT2D eigenvalue weighted by atomic mass is 32.2. The summed E-state index contributed by atoms with van der Waals surface area (Å²) in [6.07, 6.45) is 1.26. The summed E-state index contributed by atoms with van der Waals surface area (Å²) in [6, 6.07) is 6.90. The van der Waals surface area contributed by atoms with E-state index in [-0.39, 0.29) is 21.4 Å². The van der Waals surface area contributed by atoms with Crippen LogP contribution in [-0.2, 0) is 14.6 Å². The van der Waals surface area contributed by atoms with Crippen LogP contribution in [0.4, 0.5) is 14.5 Å². The van der Waals surface area contributed by atoms with Gasteiger partial charge in [0.25, 0.3) is 0 Å². The Morgan fingerprint density at radius 3 is 2.28 bits per heavy atom. The Hall–Kier alpha value is -2.48. The number of carbonyl (C=O) groups is 1. The van der Waals surface area contributed by atoms with E-state index in [9.17, 15) is 27.1 Å². The van der Waals surface area contributed by atoms with Gasteiger partial charge >= 0.3 is 5.97 Å². The minimum atomic E-state index is -3.37. The Morgan fingerprint density at radius 1 is 1.12 bits per heavy atom. The van der Waals surface area contributed by atoms with Gasteiger partial charge in [-0.05, 0) is 42.7 Å². The van der Waals surface area contributed by atoms with Crippen LogP contribution in [0.3, 0.4) is 0 Å². The van der Waals surface area contributed by atoms with Gasteiger partial charge in [0.05, 0.1) is 15.8 Å². The molecule has 0 amide bonds. The molecule has 1 unspecified atom stereocenters. The number of aliphatic carboxylic acids is 1. The molecule has 0 radical (unpaired) electrons. The van der Waals surface area contributed by atoms with Crippen molar-refractivity contribution in [2.24, 2.45) is 0 Å². The molecule has 8 heteroatoms. The number of sulfone groups is 1. The van der Waals surface area contributed by atoms with Crippen LogP contribution in [0.5, 0.6) is 0 Å². The van der Waals surface area contributed by atoms with E-state index in [0.29, 0.717) is 18.9 Å². The largest absolute Gasteiger partial charge is 0.479 e. The van der Waals surface area contributed by atoms with Crippen molar-refractivity contribution < 1.29 is 27.1 Å². The van der Waals surface area contributed by atoms with E-state index < -0.39 is 33.5 Å². The zero-order valence-electron chi connectivity index (χ0n) is 12.9. The molecule has 0 saturated heterocycles. The highest BCUT2D eigenvalue weighted by Gasteiger charge is 2.36. The molecular weight excluding hydrogens is 352 g/mol. The van der Waals surface area contributed by atoms with Crippen molar-refractivity contribution in [3.8, 4) is 0 Å². The third-order valence-electron chi connectivity index (χ3n) is 3.98. The van der Waals surface area contributed by atoms with Crippen LogP contribution in [0, 0.1) is 11.6 Å². The van der Waals surface area contributed by atoms with Gasteiger partial charge in [-0.25, -0.2) is 22.0 Å². The minimum absolute atomic E-state index is 0.135. The lowest BCUT2D eigenvalue weighted by molar-refractivity contribution is -0.138. The predicted octanol–water partition coefficient (Wildman–Crippen LogP) is 3.14. The first-order valence-electron chi connectivity index (χ1n) is 7.57. The van der Waals surface area contributed by atoms with Crippen LogP contribution in [0.1, 0.15) is 24.4 Å². The molecule has 1 aliphatic carbocycles. The summed E-state index contributed by atoms with van der Waals surface area (Å²) in [5.74, 6) is -2.97. The van der Waals surface area contributed by atoms with Gasteiger partial charge in [0, 0.05) is 6.07 Å². The molecule has 1 fully saturated rings. The number of carboxylic acid groups (broad SMARTS) is 1. The van der Waals surface area contributed by atoms with Gasteiger partial charge in [0.1, 0.15) is 11.6 Å². The number of anilines is 1. The first kappa shape index (κ1) is 17.3. The Bertz CT molecular complexity index is 909.